The predicted octanol–water partition coefficient (Wildman–Crippen LogP) is 11.7. The lowest BCUT2D eigenvalue weighted by atomic mass is 9.99. The second-order valence-corrected chi connectivity index (χ2v) is 13.9. The lowest BCUT2D eigenvalue weighted by Gasteiger charge is -2.15. The lowest BCUT2D eigenvalue weighted by molar-refractivity contribution is -0.161. The first-order chi connectivity index (χ1) is 21.4. The van der Waals surface area contributed by atoms with Gasteiger partial charge in [-0.1, -0.05) is 182 Å². The summed E-state index contributed by atoms with van der Waals surface area (Å²) in [6, 6.07) is 0. The summed E-state index contributed by atoms with van der Waals surface area (Å²) < 4.78 is 10.6. The third-order valence-corrected chi connectivity index (χ3v) is 9.48. The van der Waals surface area contributed by atoms with Crippen molar-refractivity contribution >= 4 is 11.9 Å². The molecule has 1 N–H and O–H groups in total. The Morgan fingerprint density at radius 3 is 1.16 bits per heavy atom. The van der Waals surface area contributed by atoms with Crippen LogP contribution in [0.25, 0.3) is 0 Å². The molecule has 0 aromatic heterocycles. The van der Waals surface area contributed by atoms with Gasteiger partial charge in [0.2, 0.25) is 0 Å². The fraction of sp³-hybridized carbons (Fsp3) is 0.949. The van der Waals surface area contributed by atoms with Gasteiger partial charge < -0.3 is 14.6 Å². The van der Waals surface area contributed by atoms with Gasteiger partial charge in [0.25, 0.3) is 0 Å². The molecule has 0 spiro atoms. The fourth-order valence-electron chi connectivity index (χ4n) is 5.74. The van der Waals surface area contributed by atoms with E-state index in [1.54, 1.807) is 0 Å². The lowest BCUT2D eigenvalue weighted by Crippen LogP contribution is -2.28. The first-order valence-corrected chi connectivity index (χ1v) is 19.4. The van der Waals surface area contributed by atoms with Gasteiger partial charge >= 0.3 is 11.9 Å². The van der Waals surface area contributed by atoms with E-state index in [0.717, 1.165) is 43.9 Å². The quantitative estimate of drug-likeness (QED) is 0.0569. The molecular weight excluding hydrogens is 548 g/mol. The van der Waals surface area contributed by atoms with Crippen LogP contribution < -0.4 is 0 Å². The van der Waals surface area contributed by atoms with Crippen LogP contribution in [0.2, 0.25) is 0 Å². The molecular formula is C39H76O5. The standard InChI is InChI=1S/C39H76O5/c1-5-35(3)29-25-21-17-13-11-9-7-8-10-12-14-19-23-27-31-38(41)43-34-37(33-40)44-39(42)32-28-24-20-16-15-18-22-26-30-36(4)6-2/h35-37,40H,5-34H2,1-4H3/t35?,36?,37-/m0/s1. The van der Waals surface area contributed by atoms with E-state index in [1.165, 1.54) is 135 Å². The van der Waals surface area contributed by atoms with Crippen LogP contribution in [0.5, 0.6) is 0 Å². The van der Waals surface area contributed by atoms with Gasteiger partial charge in [-0.2, -0.15) is 0 Å². The summed E-state index contributed by atoms with van der Waals surface area (Å²) in [6.45, 7) is 8.89. The van der Waals surface area contributed by atoms with E-state index in [4.69, 9.17) is 9.47 Å². The van der Waals surface area contributed by atoms with Crippen molar-refractivity contribution in [3.05, 3.63) is 0 Å². The SMILES string of the molecule is CCC(C)CCCCCCCCCCCCCCCCC(=O)OC[C@H](CO)OC(=O)CCCCCCCCCCC(C)CC. The molecule has 0 aromatic rings. The number of rotatable bonds is 34. The van der Waals surface area contributed by atoms with Gasteiger partial charge in [0.1, 0.15) is 6.61 Å². The van der Waals surface area contributed by atoms with E-state index in [1.807, 2.05) is 0 Å². The molecule has 262 valence electrons. The highest BCUT2D eigenvalue weighted by Crippen LogP contribution is 2.17. The zero-order valence-corrected chi connectivity index (χ0v) is 30.0. The number of esters is 2. The van der Waals surface area contributed by atoms with Gasteiger partial charge in [0.15, 0.2) is 6.10 Å². The third-order valence-electron chi connectivity index (χ3n) is 9.48. The van der Waals surface area contributed by atoms with Crippen molar-refractivity contribution in [3.63, 3.8) is 0 Å². The number of hydrogen-bond donors (Lipinski definition) is 1. The van der Waals surface area contributed by atoms with E-state index in [0.29, 0.717) is 12.8 Å². The zero-order valence-electron chi connectivity index (χ0n) is 30.0. The van der Waals surface area contributed by atoms with Crippen LogP contribution >= 0.6 is 0 Å². The Morgan fingerprint density at radius 1 is 0.500 bits per heavy atom. The molecule has 0 saturated heterocycles. The molecule has 0 saturated carbocycles. The number of unbranched alkanes of at least 4 members (excludes halogenated alkanes) is 20. The maximum atomic E-state index is 12.1. The number of ether oxygens (including phenoxy) is 2. The van der Waals surface area contributed by atoms with Crippen LogP contribution in [0.1, 0.15) is 207 Å². The maximum absolute atomic E-state index is 12.1. The average Bonchev–Trinajstić information content (AvgIpc) is 3.03. The highest BCUT2D eigenvalue weighted by Gasteiger charge is 2.16. The van der Waals surface area contributed by atoms with E-state index < -0.39 is 6.10 Å². The van der Waals surface area contributed by atoms with Crippen molar-refractivity contribution in [1.82, 2.24) is 0 Å². The monoisotopic (exact) mass is 625 g/mol. The number of carbonyl (C=O) groups is 2. The molecule has 0 aliphatic carbocycles. The normalized spacial score (nSPS) is 13.5. The number of hydrogen-bond acceptors (Lipinski definition) is 5. The molecule has 0 fully saturated rings. The predicted molar refractivity (Wildman–Crippen MR) is 187 cm³/mol. The summed E-state index contributed by atoms with van der Waals surface area (Å²) in [5, 5.41) is 9.53. The minimum atomic E-state index is -0.763. The Balaban J connectivity index is 3.51. The van der Waals surface area contributed by atoms with Crippen LogP contribution in [0.4, 0.5) is 0 Å². The molecule has 0 bridgehead atoms. The molecule has 0 radical (unpaired) electrons. The van der Waals surface area contributed by atoms with Crippen molar-refractivity contribution in [2.45, 2.75) is 214 Å². The molecule has 5 heteroatoms. The number of aliphatic hydroxyl groups is 1. The Kier molecular flexibility index (Phi) is 32.4. The molecule has 0 heterocycles. The van der Waals surface area contributed by atoms with Crippen molar-refractivity contribution in [3.8, 4) is 0 Å². The molecule has 3 atom stereocenters. The van der Waals surface area contributed by atoms with Crippen LogP contribution in [0.3, 0.4) is 0 Å². The summed E-state index contributed by atoms with van der Waals surface area (Å²) in [4.78, 5) is 24.2. The van der Waals surface area contributed by atoms with Crippen molar-refractivity contribution in [2.75, 3.05) is 13.2 Å². The van der Waals surface area contributed by atoms with Crippen molar-refractivity contribution in [2.24, 2.45) is 11.8 Å². The second kappa shape index (κ2) is 33.3. The van der Waals surface area contributed by atoms with Crippen LogP contribution in [-0.4, -0.2) is 36.4 Å². The fourth-order valence-corrected chi connectivity index (χ4v) is 5.74. The first kappa shape index (κ1) is 42.9. The van der Waals surface area contributed by atoms with Gasteiger partial charge in [-0.05, 0) is 24.7 Å². The smallest absolute Gasteiger partial charge is 0.306 e. The first-order valence-electron chi connectivity index (χ1n) is 19.4. The minimum absolute atomic E-state index is 0.0592. The van der Waals surface area contributed by atoms with Gasteiger partial charge in [0, 0.05) is 12.8 Å². The summed E-state index contributed by atoms with van der Waals surface area (Å²) in [7, 11) is 0. The van der Waals surface area contributed by atoms with Gasteiger partial charge in [0.05, 0.1) is 6.61 Å². The van der Waals surface area contributed by atoms with E-state index in [2.05, 4.69) is 27.7 Å². The average molecular weight is 625 g/mol. The summed E-state index contributed by atoms with van der Waals surface area (Å²) in [6.07, 6.45) is 32.9. The molecule has 0 rings (SSSR count). The topological polar surface area (TPSA) is 72.8 Å². The highest BCUT2D eigenvalue weighted by atomic mass is 16.6. The van der Waals surface area contributed by atoms with Gasteiger partial charge in [-0.15, -0.1) is 0 Å². The van der Waals surface area contributed by atoms with Crippen molar-refractivity contribution < 1.29 is 24.2 Å². The van der Waals surface area contributed by atoms with E-state index in [9.17, 15) is 14.7 Å². The Morgan fingerprint density at radius 2 is 0.818 bits per heavy atom. The zero-order chi connectivity index (χ0) is 32.5. The molecule has 0 aliphatic rings. The summed E-state index contributed by atoms with van der Waals surface area (Å²) in [5.74, 6) is 1.18. The minimum Gasteiger partial charge on any atom is -0.462 e. The van der Waals surface area contributed by atoms with E-state index >= 15 is 0 Å². The number of carbonyl (C=O) groups excluding carboxylic acids is 2. The Labute approximate surface area is 274 Å². The molecule has 44 heavy (non-hydrogen) atoms. The molecule has 0 aliphatic heterocycles. The molecule has 0 aromatic carbocycles. The third kappa shape index (κ3) is 30.9. The van der Waals surface area contributed by atoms with Crippen molar-refractivity contribution in [1.29, 1.82) is 0 Å². The van der Waals surface area contributed by atoms with Gasteiger partial charge in [-0.25, -0.2) is 0 Å². The summed E-state index contributed by atoms with van der Waals surface area (Å²) >= 11 is 0. The van der Waals surface area contributed by atoms with Crippen LogP contribution in [-0.2, 0) is 19.1 Å². The maximum Gasteiger partial charge on any atom is 0.306 e. The Bertz CT molecular complexity index is 622. The number of aliphatic hydroxyl groups excluding tert-OH is 1. The second-order valence-electron chi connectivity index (χ2n) is 13.9. The largest absolute Gasteiger partial charge is 0.462 e. The molecule has 2 unspecified atom stereocenters. The molecule has 5 nitrogen and oxygen atoms in total. The van der Waals surface area contributed by atoms with Gasteiger partial charge in [-0.3, -0.25) is 9.59 Å². The van der Waals surface area contributed by atoms with Crippen LogP contribution in [0, 0.1) is 11.8 Å². The molecule has 0 amide bonds. The van der Waals surface area contributed by atoms with Crippen LogP contribution in [0.15, 0.2) is 0 Å². The summed E-state index contributed by atoms with van der Waals surface area (Å²) in [5.41, 5.74) is 0. The Hall–Kier alpha value is -1.10. The van der Waals surface area contributed by atoms with E-state index in [-0.39, 0.29) is 25.2 Å². The highest BCUT2D eigenvalue weighted by molar-refractivity contribution is 5.70.